The maximum absolute atomic E-state index is 6.16. The number of aromatic amines is 2. The van der Waals surface area contributed by atoms with E-state index in [1.807, 2.05) is 24.3 Å². The van der Waals surface area contributed by atoms with Gasteiger partial charge in [0.25, 0.3) is 0 Å². The molecule has 22 nitrogen and oxygen atoms in total. The van der Waals surface area contributed by atoms with Crippen molar-refractivity contribution in [3.63, 3.8) is 0 Å². The third kappa shape index (κ3) is 21.1. The van der Waals surface area contributed by atoms with Crippen molar-refractivity contribution in [2.75, 3.05) is 161 Å². The first-order valence-corrected chi connectivity index (χ1v) is 30.3. The maximum atomic E-state index is 6.16. The van der Waals surface area contributed by atoms with Gasteiger partial charge in [0.2, 0.25) is 22.8 Å². The molecule has 9 rings (SSSR count). The van der Waals surface area contributed by atoms with E-state index in [9.17, 15) is 0 Å². The number of hydrogen-bond acceptors (Lipinski definition) is 15. The summed E-state index contributed by atoms with van der Waals surface area (Å²) in [5.74, 6) is 0. The molecule has 7 aromatic heterocycles. The average Bonchev–Trinajstić information content (AvgIpc) is 2.03. The van der Waals surface area contributed by atoms with Crippen molar-refractivity contribution in [3.05, 3.63) is 145 Å². The van der Waals surface area contributed by atoms with Gasteiger partial charge in [-0.05, 0) is 72.8 Å². The van der Waals surface area contributed by atoms with Gasteiger partial charge in [-0.1, -0.05) is 0 Å². The number of ether oxygens (including phenoxy) is 12. The quantitative estimate of drug-likeness (QED) is 0.0247. The predicted octanol–water partition coefficient (Wildman–Crippen LogP) is 6.19. The van der Waals surface area contributed by atoms with Crippen LogP contribution < -0.4 is 18.3 Å². The molecule has 0 saturated heterocycles. The number of methoxy groups -OCH3 is 4. The molecule has 8 bridgehead atoms. The molecule has 0 unspecified atom stereocenters. The molecule has 0 amide bonds. The number of aromatic nitrogens is 8. The third-order valence-electron chi connectivity index (χ3n) is 14.7. The molecule has 0 spiro atoms. The molecule has 488 valence electrons. The summed E-state index contributed by atoms with van der Waals surface area (Å²) in [6.07, 6.45) is 16.9. The van der Waals surface area contributed by atoms with Crippen LogP contribution in [0.25, 0.3) is 91.4 Å². The van der Waals surface area contributed by atoms with Gasteiger partial charge in [0.1, 0.15) is 26.4 Å². The molecule has 0 aromatic carbocycles. The summed E-state index contributed by atoms with van der Waals surface area (Å²) in [7, 11) is 6.67. The zero-order valence-electron chi connectivity index (χ0n) is 52.7. The second-order valence-electron chi connectivity index (χ2n) is 20.5. The van der Waals surface area contributed by atoms with Crippen LogP contribution in [-0.2, 0) is 100 Å². The van der Waals surface area contributed by atoms with Crippen LogP contribution in [0, 0.1) is 0 Å². The van der Waals surface area contributed by atoms with Gasteiger partial charge in [-0.3, -0.25) is 0 Å². The molecule has 2 aliphatic rings. The molecule has 23 heteroatoms. The summed E-state index contributed by atoms with van der Waals surface area (Å²) < 4.78 is 77.0. The van der Waals surface area contributed by atoms with E-state index in [-0.39, 0.29) is 28.0 Å². The summed E-state index contributed by atoms with van der Waals surface area (Å²) >= 11 is 0. The van der Waals surface area contributed by atoms with Crippen LogP contribution in [-0.4, -0.2) is 191 Å². The molecular weight excluding hydrogens is 1210 g/mol. The number of nitrogens with zero attached hydrogens (tertiary/aromatic N) is 6. The Balaban J connectivity index is 0.00000439. The topological polar surface area (TPSA) is 245 Å². The molecule has 0 atom stereocenters. The first-order valence-electron chi connectivity index (χ1n) is 30.3. The van der Waals surface area contributed by atoms with E-state index in [4.69, 9.17) is 66.8 Å². The van der Waals surface area contributed by atoms with E-state index < -0.39 is 0 Å². The summed E-state index contributed by atoms with van der Waals surface area (Å²) in [5, 5.41) is 0. The molecule has 0 aliphatic carbocycles. The van der Waals surface area contributed by atoms with Gasteiger partial charge < -0.3 is 77.8 Å². The second-order valence-corrected chi connectivity index (χ2v) is 20.5. The third-order valence-corrected chi connectivity index (χ3v) is 14.7. The Kier molecular flexibility index (Phi) is 32.9. The van der Waals surface area contributed by atoms with Gasteiger partial charge in [0.15, 0.2) is 51.0 Å². The monoisotopic (exact) mass is 1300 g/mol. The summed E-state index contributed by atoms with van der Waals surface area (Å²) in [4.78, 5) is 19.3. The Morgan fingerprint density at radius 2 is 0.505 bits per heavy atom. The maximum Gasteiger partial charge on any atom is 2.00 e. The van der Waals surface area contributed by atoms with E-state index in [0.29, 0.717) is 158 Å². The Labute approximate surface area is 543 Å². The fourth-order valence-electron chi connectivity index (χ4n) is 10.4. The largest absolute Gasteiger partial charge is 2.00 e. The molecule has 9 heterocycles. The molecule has 5 N–H and O–H groups in total. The molecule has 0 fully saturated rings. The first-order chi connectivity index (χ1) is 43.6. The smallest absolute Gasteiger partial charge is 0.870 e. The molecule has 2 aliphatic heterocycles. The summed E-state index contributed by atoms with van der Waals surface area (Å²) in [6, 6.07) is 33.7. The number of fused-ring (bicyclic) bond motifs is 8. The van der Waals surface area contributed by atoms with Crippen molar-refractivity contribution < 1.29 is 103 Å². The first kappa shape index (κ1) is 73.2. The number of pyridine rings is 4. The Morgan fingerprint density at radius 1 is 0.297 bits per heavy atom. The van der Waals surface area contributed by atoms with Gasteiger partial charge in [-0.2, -0.15) is 18.3 Å². The molecule has 0 saturated carbocycles. The standard InChI is InChI=1S/C68H85N8O12.Fe.2H2O/c1-77-37-41-85-49-45-81-33-29-73-25-9-5-13-61(73)65-53-17-19-55(69-53)66(62-14-6-10-26-74(62)30-34-82-46-50-86-42-38-78-2)57-21-23-59(71-57)68(64-16-8-12-28-76(64)32-36-84-48-52-88-44-40-80-4)60-24-22-58(72-60)67(56-20-18-54(65)70-56)63-15-7-11-27-75(63)31-35-83-47-51-87-43-39-79-3;;;/h5-28H,29-52H2,1-4H3,(H,69,70,71,72);;2*1H2/q+3;+2;;. The van der Waals surface area contributed by atoms with Crippen LogP contribution in [0.1, 0.15) is 22.8 Å². The van der Waals surface area contributed by atoms with E-state index in [1.165, 1.54) is 0 Å². The van der Waals surface area contributed by atoms with E-state index in [0.717, 1.165) is 89.9 Å². The van der Waals surface area contributed by atoms with E-state index in [2.05, 4.69) is 150 Å². The van der Waals surface area contributed by atoms with Crippen molar-refractivity contribution in [1.82, 2.24) is 19.9 Å². The molecule has 7 aromatic rings. The number of hydrogen-bond donors (Lipinski definition) is 2. The SMILES string of the molecule is COCCOCCOCC[n+]1ccccc1-c1c2nc(c(-c3cccc[n+]3CCOCCOCCOC)c3ccc([nH]3)c(-c3cccc[n+]3CCOCCOCCOC)c3nc(c(-c4cccc[n+]4CCOCCOCCOC)c4ccc1[nH]4)C=C3)C=C2.O.[Fe+2].[OH-]. The zero-order valence-corrected chi connectivity index (χ0v) is 53.8. The summed E-state index contributed by atoms with van der Waals surface area (Å²) in [5.41, 5.74) is 14.0. The van der Waals surface area contributed by atoms with Gasteiger partial charge in [-0.15, -0.1) is 0 Å². The minimum atomic E-state index is 0. The normalized spacial score (nSPS) is 11.6. The zero-order chi connectivity index (χ0) is 60.8. The van der Waals surface area contributed by atoms with Crippen LogP contribution >= 0.6 is 0 Å². The van der Waals surface area contributed by atoms with Crippen molar-refractivity contribution in [2.24, 2.45) is 0 Å². The van der Waals surface area contributed by atoms with Gasteiger partial charge in [0.05, 0.1) is 173 Å². The Morgan fingerprint density at radius 3 is 0.725 bits per heavy atom. The van der Waals surface area contributed by atoms with E-state index in [1.54, 1.807) is 28.4 Å². The Bertz CT molecular complexity index is 3080. The molecule has 0 radical (unpaired) electrons. The van der Waals surface area contributed by atoms with Gasteiger partial charge in [-0.25, -0.2) is 9.97 Å². The minimum Gasteiger partial charge on any atom is -0.870 e. The Hall–Kier alpha value is -6.84. The second kappa shape index (κ2) is 40.9. The summed E-state index contributed by atoms with van der Waals surface area (Å²) in [6.45, 7) is 12.1. The van der Waals surface area contributed by atoms with E-state index >= 15 is 0 Å². The molecule has 91 heavy (non-hydrogen) atoms. The predicted molar refractivity (Wildman–Crippen MR) is 341 cm³/mol. The number of rotatable bonds is 40. The average molecular weight is 1300 g/mol. The van der Waals surface area contributed by atoms with Crippen LogP contribution in [0.15, 0.2) is 122 Å². The van der Waals surface area contributed by atoms with Crippen LogP contribution in [0.2, 0.25) is 0 Å². The van der Waals surface area contributed by atoms with Crippen LogP contribution in [0.5, 0.6) is 0 Å². The minimum absolute atomic E-state index is 0. The fourth-order valence-corrected chi connectivity index (χ4v) is 10.4. The number of H-pyrrole nitrogens is 2. The van der Waals surface area contributed by atoms with Crippen molar-refractivity contribution >= 4 is 46.4 Å². The van der Waals surface area contributed by atoms with Crippen LogP contribution in [0.3, 0.4) is 0 Å². The van der Waals surface area contributed by atoms with Crippen molar-refractivity contribution in [1.29, 1.82) is 0 Å². The van der Waals surface area contributed by atoms with Crippen molar-refractivity contribution in [3.8, 4) is 45.0 Å². The molecular formula is C68H89FeN8O14+5. The number of nitrogens with one attached hydrogen (secondary N) is 2. The fraction of sp³-hybridized carbons (Fsp3) is 0.412. The van der Waals surface area contributed by atoms with Crippen molar-refractivity contribution in [2.45, 2.75) is 26.2 Å². The van der Waals surface area contributed by atoms with Gasteiger partial charge >= 0.3 is 17.1 Å². The van der Waals surface area contributed by atoms with Crippen LogP contribution in [0.4, 0.5) is 0 Å². The van der Waals surface area contributed by atoms with Gasteiger partial charge in [0, 0.05) is 77.0 Å².